The fourth-order valence-electron chi connectivity index (χ4n) is 3.52. The summed E-state index contributed by atoms with van der Waals surface area (Å²) in [5.41, 5.74) is 1.67. The van der Waals surface area contributed by atoms with Gasteiger partial charge in [0.05, 0.1) is 21.4 Å². The van der Waals surface area contributed by atoms with Gasteiger partial charge in [0.15, 0.2) is 0 Å². The average molecular weight is 374 g/mol. The molecule has 1 fully saturated rings. The van der Waals surface area contributed by atoms with Crippen molar-refractivity contribution in [2.24, 2.45) is 11.8 Å². The number of halogens is 3. The van der Waals surface area contributed by atoms with Crippen LogP contribution in [0.15, 0.2) is 16.6 Å². The summed E-state index contributed by atoms with van der Waals surface area (Å²) < 4.78 is 16.5. The second-order valence-corrected chi connectivity index (χ2v) is 7.24. The molecule has 0 N–H and O–H groups in total. The zero-order valence-electron chi connectivity index (χ0n) is 12.2. The molecule has 114 valence electrons. The lowest BCUT2D eigenvalue weighted by Gasteiger charge is -2.36. The molecule has 1 aromatic heterocycles. The molecule has 0 bridgehead atoms. The molecule has 2 aromatic rings. The van der Waals surface area contributed by atoms with Gasteiger partial charge in [0.1, 0.15) is 11.6 Å². The number of hydrogen-bond acceptors (Lipinski definition) is 1. The number of benzene rings is 1. The molecule has 3 atom stereocenters. The monoisotopic (exact) mass is 372 g/mol. The molecular weight excluding hydrogens is 355 g/mol. The van der Waals surface area contributed by atoms with E-state index in [2.05, 4.69) is 39.3 Å². The number of aromatic nitrogens is 2. The van der Waals surface area contributed by atoms with Gasteiger partial charge in [0, 0.05) is 12.1 Å². The second-order valence-electron chi connectivity index (χ2n) is 6.12. The molecule has 0 aliphatic heterocycles. The van der Waals surface area contributed by atoms with Crippen molar-refractivity contribution in [3.8, 4) is 0 Å². The van der Waals surface area contributed by atoms with Crippen LogP contribution in [0.4, 0.5) is 4.39 Å². The minimum Gasteiger partial charge on any atom is -0.324 e. The van der Waals surface area contributed by atoms with Gasteiger partial charge in [-0.25, -0.2) is 9.37 Å². The van der Waals surface area contributed by atoms with Gasteiger partial charge < -0.3 is 4.57 Å². The standard InChI is InChI=1S/C16H19BrClFN2/c1-9-4-3-5-14(10(9)2)21-15-6-11(17)12(19)7-13(15)20-16(21)8-18/h6-7,9-10,14H,3-5,8H2,1-2H3. The number of fused-ring (bicyclic) bond motifs is 1. The van der Waals surface area contributed by atoms with E-state index in [1.807, 2.05) is 6.07 Å². The maximum Gasteiger partial charge on any atom is 0.139 e. The van der Waals surface area contributed by atoms with Crippen molar-refractivity contribution in [3.05, 3.63) is 28.2 Å². The van der Waals surface area contributed by atoms with E-state index in [4.69, 9.17) is 11.6 Å². The van der Waals surface area contributed by atoms with Crippen LogP contribution in [0.3, 0.4) is 0 Å². The zero-order chi connectivity index (χ0) is 15.1. The van der Waals surface area contributed by atoms with Crippen LogP contribution in [0.1, 0.15) is 45.0 Å². The predicted molar refractivity (Wildman–Crippen MR) is 88.2 cm³/mol. The van der Waals surface area contributed by atoms with Crippen molar-refractivity contribution in [1.29, 1.82) is 0 Å². The topological polar surface area (TPSA) is 17.8 Å². The summed E-state index contributed by atoms with van der Waals surface area (Å²) in [5, 5.41) is 0. The van der Waals surface area contributed by atoms with Gasteiger partial charge in [-0.05, 0) is 40.3 Å². The molecule has 21 heavy (non-hydrogen) atoms. The fraction of sp³-hybridized carbons (Fsp3) is 0.562. The summed E-state index contributed by atoms with van der Waals surface area (Å²) in [6.45, 7) is 4.61. The van der Waals surface area contributed by atoms with Crippen molar-refractivity contribution < 1.29 is 4.39 Å². The first-order chi connectivity index (χ1) is 10.0. The van der Waals surface area contributed by atoms with E-state index in [-0.39, 0.29) is 5.82 Å². The Morgan fingerprint density at radius 2 is 2.14 bits per heavy atom. The molecule has 0 saturated heterocycles. The minimum atomic E-state index is -0.279. The Kier molecular flexibility index (Phi) is 4.28. The molecule has 1 aliphatic carbocycles. The van der Waals surface area contributed by atoms with Crippen molar-refractivity contribution >= 4 is 38.6 Å². The van der Waals surface area contributed by atoms with Gasteiger partial charge in [-0.15, -0.1) is 11.6 Å². The lowest BCUT2D eigenvalue weighted by Crippen LogP contribution is -2.27. The van der Waals surface area contributed by atoms with Crippen LogP contribution in [-0.2, 0) is 5.88 Å². The largest absolute Gasteiger partial charge is 0.324 e. The van der Waals surface area contributed by atoms with E-state index in [1.165, 1.54) is 18.9 Å². The lowest BCUT2D eigenvalue weighted by molar-refractivity contribution is 0.187. The molecule has 3 rings (SSSR count). The number of hydrogen-bond donors (Lipinski definition) is 0. The summed E-state index contributed by atoms with van der Waals surface area (Å²) in [7, 11) is 0. The highest BCUT2D eigenvalue weighted by molar-refractivity contribution is 9.10. The van der Waals surface area contributed by atoms with Crippen LogP contribution in [0.2, 0.25) is 0 Å². The van der Waals surface area contributed by atoms with E-state index in [9.17, 15) is 4.39 Å². The van der Waals surface area contributed by atoms with Gasteiger partial charge >= 0.3 is 0 Å². The van der Waals surface area contributed by atoms with Crippen molar-refractivity contribution in [1.82, 2.24) is 9.55 Å². The Morgan fingerprint density at radius 3 is 2.86 bits per heavy atom. The molecule has 2 nitrogen and oxygen atoms in total. The van der Waals surface area contributed by atoms with Gasteiger partial charge in [0.2, 0.25) is 0 Å². The molecule has 1 saturated carbocycles. The third-order valence-electron chi connectivity index (χ3n) is 4.92. The number of alkyl halides is 1. The van der Waals surface area contributed by atoms with E-state index in [0.717, 1.165) is 17.8 Å². The number of rotatable bonds is 2. The van der Waals surface area contributed by atoms with Crippen LogP contribution < -0.4 is 0 Å². The highest BCUT2D eigenvalue weighted by Gasteiger charge is 2.31. The maximum absolute atomic E-state index is 13.7. The fourth-order valence-corrected chi connectivity index (χ4v) is 4.04. The van der Waals surface area contributed by atoms with Gasteiger partial charge in [-0.3, -0.25) is 0 Å². The number of nitrogens with zero attached hydrogens (tertiary/aromatic N) is 2. The normalized spacial score (nSPS) is 26.4. The van der Waals surface area contributed by atoms with Gasteiger partial charge in [0.25, 0.3) is 0 Å². The SMILES string of the molecule is CC1CCCC(n2c(CCl)nc3cc(F)c(Br)cc32)C1C. The lowest BCUT2D eigenvalue weighted by atomic mass is 9.78. The Labute approximate surface area is 137 Å². The summed E-state index contributed by atoms with van der Waals surface area (Å²) in [6.07, 6.45) is 3.63. The van der Waals surface area contributed by atoms with Crippen LogP contribution in [0.5, 0.6) is 0 Å². The molecule has 3 unspecified atom stereocenters. The first-order valence-electron chi connectivity index (χ1n) is 7.44. The molecule has 0 radical (unpaired) electrons. The summed E-state index contributed by atoms with van der Waals surface area (Å²) in [4.78, 5) is 4.54. The van der Waals surface area contributed by atoms with Gasteiger partial charge in [-0.1, -0.05) is 26.7 Å². The van der Waals surface area contributed by atoms with Gasteiger partial charge in [-0.2, -0.15) is 0 Å². The smallest absolute Gasteiger partial charge is 0.139 e. The van der Waals surface area contributed by atoms with Crippen molar-refractivity contribution in [3.63, 3.8) is 0 Å². The summed E-state index contributed by atoms with van der Waals surface area (Å²) >= 11 is 9.38. The molecule has 5 heteroatoms. The highest BCUT2D eigenvalue weighted by atomic mass is 79.9. The Bertz CT molecular complexity index is 670. The van der Waals surface area contributed by atoms with E-state index < -0.39 is 0 Å². The Balaban J connectivity index is 2.18. The predicted octanol–water partition coefficient (Wildman–Crippen LogP) is 5.67. The number of imidazole rings is 1. The molecular formula is C16H19BrClFN2. The molecule has 1 heterocycles. The second kappa shape index (κ2) is 5.88. The van der Waals surface area contributed by atoms with E-state index >= 15 is 0 Å². The first kappa shape index (κ1) is 15.3. The quantitative estimate of drug-likeness (QED) is 0.620. The van der Waals surface area contributed by atoms with Crippen LogP contribution >= 0.6 is 27.5 Å². The molecule has 1 aromatic carbocycles. The third kappa shape index (κ3) is 2.61. The summed E-state index contributed by atoms with van der Waals surface area (Å²) in [6, 6.07) is 3.72. The third-order valence-corrected chi connectivity index (χ3v) is 5.77. The highest BCUT2D eigenvalue weighted by Crippen LogP contribution is 2.40. The minimum absolute atomic E-state index is 0.279. The summed E-state index contributed by atoms with van der Waals surface area (Å²) in [5.74, 6) is 2.18. The zero-order valence-corrected chi connectivity index (χ0v) is 14.6. The van der Waals surface area contributed by atoms with Crippen LogP contribution in [0, 0.1) is 17.7 Å². The molecule has 0 amide bonds. The van der Waals surface area contributed by atoms with Crippen molar-refractivity contribution in [2.75, 3.05) is 0 Å². The Morgan fingerprint density at radius 1 is 1.38 bits per heavy atom. The first-order valence-corrected chi connectivity index (χ1v) is 8.77. The molecule has 1 aliphatic rings. The van der Waals surface area contributed by atoms with Crippen LogP contribution in [-0.4, -0.2) is 9.55 Å². The maximum atomic E-state index is 13.7. The van der Waals surface area contributed by atoms with Crippen LogP contribution in [0.25, 0.3) is 11.0 Å². The van der Waals surface area contributed by atoms with E-state index in [1.54, 1.807) is 0 Å². The molecule has 0 spiro atoms. The Hall–Kier alpha value is -0.610. The van der Waals surface area contributed by atoms with E-state index in [0.29, 0.717) is 33.7 Å². The average Bonchev–Trinajstić information content (AvgIpc) is 2.80. The van der Waals surface area contributed by atoms with Crippen molar-refractivity contribution in [2.45, 2.75) is 45.0 Å².